The lowest BCUT2D eigenvalue weighted by molar-refractivity contribution is 0.0777. The molecule has 2 aliphatic carbocycles. The van der Waals surface area contributed by atoms with Gasteiger partial charge >= 0.3 is 0 Å². The van der Waals surface area contributed by atoms with Gasteiger partial charge in [-0.3, -0.25) is 4.98 Å². The zero-order valence-corrected chi connectivity index (χ0v) is 17.9. The largest absolute Gasteiger partial charge is 0.381 e. The highest BCUT2D eigenvalue weighted by Gasteiger charge is 2.45. The molecule has 3 nitrogen and oxygen atoms in total. The van der Waals surface area contributed by atoms with Gasteiger partial charge in [0.1, 0.15) is 5.82 Å². The molecule has 160 valence electrons. The average Bonchev–Trinajstić information content (AvgIpc) is 3.45. The van der Waals surface area contributed by atoms with Gasteiger partial charge in [-0.1, -0.05) is 24.3 Å². The summed E-state index contributed by atoms with van der Waals surface area (Å²) in [6.45, 7) is 0. The van der Waals surface area contributed by atoms with Crippen molar-refractivity contribution in [1.29, 1.82) is 0 Å². The highest BCUT2D eigenvalue weighted by Crippen LogP contribution is 2.50. The molecule has 31 heavy (non-hydrogen) atoms. The molecule has 2 heterocycles. The van der Waals surface area contributed by atoms with Crippen LogP contribution in [0.5, 0.6) is 0 Å². The van der Waals surface area contributed by atoms with Crippen LogP contribution in [0.15, 0.2) is 73.2 Å². The fraction of sp³-hybridized carbons (Fsp3) is 0.370. The number of hydrogen-bond donors (Lipinski definition) is 0. The van der Waals surface area contributed by atoms with Crippen LogP contribution in [-0.2, 0) is 4.74 Å². The molecule has 4 heteroatoms. The smallest absolute Gasteiger partial charge is 0.123 e. The van der Waals surface area contributed by atoms with Crippen molar-refractivity contribution < 1.29 is 9.13 Å². The summed E-state index contributed by atoms with van der Waals surface area (Å²) in [7, 11) is 1.85. The van der Waals surface area contributed by atoms with Crippen LogP contribution in [0.4, 0.5) is 4.39 Å². The number of methoxy groups -OCH3 is 1. The maximum Gasteiger partial charge on any atom is 0.123 e. The average molecular weight is 417 g/mol. The van der Waals surface area contributed by atoms with Gasteiger partial charge in [0.25, 0.3) is 0 Å². The number of halogens is 1. The van der Waals surface area contributed by atoms with Gasteiger partial charge in [0.05, 0.1) is 11.8 Å². The third-order valence-electron chi connectivity index (χ3n) is 7.26. The van der Waals surface area contributed by atoms with E-state index < -0.39 is 0 Å². The van der Waals surface area contributed by atoms with E-state index in [4.69, 9.17) is 4.74 Å². The fourth-order valence-electron chi connectivity index (χ4n) is 5.71. The zero-order valence-electron chi connectivity index (χ0n) is 17.9. The molecule has 0 aliphatic heterocycles. The van der Waals surface area contributed by atoms with Crippen molar-refractivity contribution in [3.05, 3.63) is 84.7 Å². The van der Waals surface area contributed by atoms with Gasteiger partial charge in [0.15, 0.2) is 0 Å². The van der Waals surface area contributed by atoms with Crippen molar-refractivity contribution in [1.82, 2.24) is 9.55 Å². The van der Waals surface area contributed by atoms with E-state index in [0.717, 1.165) is 23.2 Å². The first-order valence-corrected chi connectivity index (χ1v) is 11.3. The molecule has 0 N–H and O–H groups in total. The van der Waals surface area contributed by atoms with E-state index in [-0.39, 0.29) is 11.9 Å². The molecule has 1 aromatic carbocycles. The number of aromatic nitrogens is 2. The van der Waals surface area contributed by atoms with E-state index >= 15 is 0 Å². The third-order valence-corrected chi connectivity index (χ3v) is 7.26. The van der Waals surface area contributed by atoms with Crippen molar-refractivity contribution in [2.24, 2.45) is 17.8 Å². The second-order valence-electron chi connectivity index (χ2n) is 8.95. The van der Waals surface area contributed by atoms with Crippen molar-refractivity contribution in [2.45, 2.75) is 37.8 Å². The summed E-state index contributed by atoms with van der Waals surface area (Å²) in [6.07, 6.45) is 15.8. The molecule has 0 radical (unpaired) electrons. The van der Waals surface area contributed by atoms with E-state index in [1.54, 1.807) is 12.1 Å². The van der Waals surface area contributed by atoms with Gasteiger partial charge in [-0.05, 0) is 79.5 Å². The number of pyridine rings is 1. The van der Waals surface area contributed by atoms with Crippen LogP contribution >= 0.6 is 0 Å². The molecule has 0 bridgehead atoms. The van der Waals surface area contributed by atoms with E-state index in [2.05, 4.69) is 46.2 Å². The van der Waals surface area contributed by atoms with Crippen molar-refractivity contribution >= 4 is 6.08 Å². The monoisotopic (exact) mass is 416 g/mol. The number of benzene rings is 1. The Bertz CT molecular complexity index is 1030. The molecule has 2 saturated carbocycles. The Labute approximate surface area is 183 Å². The van der Waals surface area contributed by atoms with Crippen LogP contribution in [0.2, 0.25) is 0 Å². The number of fused-ring (bicyclic) bond motifs is 1. The van der Waals surface area contributed by atoms with Crippen molar-refractivity contribution in [2.75, 3.05) is 7.11 Å². The van der Waals surface area contributed by atoms with Crippen LogP contribution in [0.25, 0.3) is 17.2 Å². The summed E-state index contributed by atoms with van der Waals surface area (Å²) in [5.41, 5.74) is 2.70. The third kappa shape index (κ3) is 4.22. The first kappa shape index (κ1) is 20.2. The van der Waals surface area contributed by atoms with Crippen LogP contribution in [0.3, 0.4) is 0 Å². The Morgan fingerprint density at radius 3 is 2.65 bits per heavy atom. The van der Waals surface area contributed by atoms with Crippen molar-refractivity contribution in [3.8, 4) is 11.1 Å². The van der Waals surface area contributed by atoms with Crippen LogP contribution < -0.4 is 0 Å². The molecule has 2 aliphatic rings. The van der Waals surface area contributed by atoms with Gasteiger partial charge in [-0.25, -0.2) is 4.39 Å². The molecule has 2 aromatic heterocycles. The Morgan fingerprint density at radius 1 is 1.03 bits per heavy atom. The molecular formula is C27H29FN2O. The van der Waals surface area contributed by atoms with Crippen LogP contribution in [-0.4, -0.2) is 22.8 Å². The molecule has 3 aromatic rings. The Hall–Kier alpha value is -2.72. The first-order valence-electron chi connectivity index (χ1n) is 11.3. The van der Waals surface area contributed by atoms with Crippen molar-refractivity contribution in [3.63, 3.8) is 0 Å². The summed E-state index contributed by atoms with van der Waals surface area (Å²) in [4.78, 5) is 4.59. The summed E-state index contributed by atoms with van der Waals surface area (Å²) >= 11 is 0. The Balaban J connectivity index is 1.28. The molecule has 2 fully saturated rings. The molecule has 5 atom stereocenters. The summed E-state index contributed by atoms with van der Waals surface area (Å²) in [5.74, 6) is 1.60. The highest BCUT2D eigenvalue weighted by molar-refractivity contribution is 5.63. The van der Waals surface area contributed by atoms with Gasteiger partial charge in [-0.2, -0.15) is 0 Å². The molecule has 0 saturated heterocycles. The van der Waals surface area contributed by atoms with E-state index in [1.165, 1.54) is 25.3 Å². The minimum Gasteiger partial charge on any atom is -0.381 e. The number of ether oxygens (including phenoxy) is 1. The minimum absolute atomic E-state index is 0.227. The first-order chi connectivity index (χ1) is 15.2. The zero-order chi connectivity index (χ0) is 21.2. The lowest BCUT2D eigenvalue weighted by atomic mass is 9.75. The second kappa shape index (κ2) is 8.80. The second-order valence-corrected chi connectivity index (χ2v) is 8.95. The lowest BCUT2D eigenvalue weighted by Crippen LogP contribution is -2.26. The summed E-state index contributed by atoms with van der Waals surface area (Å²) in [5, 5.41) is 0. The predicted molar refractivity (Wildman–Crippen MR) is 122 cm³/mol. The fourth-order valence-corrected chi connectivity index (χ4v) is 5.71. The normalized spacial score (nSPS) is 28.1. The quantitative estimate of drug-likeness (QED) is 0.481. The highest BCUT2D eigenvalue weighted by atomic mass is 19.1. The van der Waals surface area contributed by atoms with Crippen LogP contribution in [0, 0.1) is 23.6 Å². The van der Waals surface area contributed by atoms with Gasteiger partial charge in [-0.15, -0.1) is 0 Å². The van der Waals surface area contributed by atoms with E-state index in [1.807, 2.05) is 31.5 Å². The standard InChI is InChI=1S/C27H29FN2O/c1-31-27-17-21-16-24(30-13-2-3-14-30)10-12-25(21)26(27)11-9-23-8-7-20(18-29-23)19-5-4-6-22(28)15-19/h2-9,11,13-15,18,21,24-27H,10,12,16-17H2,1H3/t21-,24?,25-,26+,27+/m1/s1. The molecular weight excluding hydrogens is 387 g/mol. The molecule has 1 unspecified atom stereocenters. The molecule has 0 spiro atoms. The minimum atomic E-state index is -0.227. The summed E-state index contributed by atoms with van der Waals surface area (Å²) in [6, 6.07) is 15.5. The Morgan fingerprint density at radius 2 is 1.90 bits per heavy atom. The molecule has 5 rings (SSSR count). The van der Waals surface area contributed by atoms with Gasteiger partial charge < -0.3 is 9.30 Å². The topological polar surface area (TPSA) is 27.1 Å². The predicted octanol–water partition coefficient (Wildman–Crippen LogP) is 6.39. The maximum absolute atomic E-state index is 13.5. The van der Waals surface area contributed by atoms with E-state index in [0.29, 0.717) is 23.8 Å². The molecule has 0 amide bonds. The number of nitrogens with zero attached hydrogens (tertiary/aromatic N) is 2. The number of rotatable bonds is 5. The maximum atomic E-state index is 13.5. The lowest BCUT2D eigenvalue weighted by Gasteiger charge is -2.34. The Kier molecular flexibility index (Phi) is 5.73. The van der Waals surface area contributed by atoms with Gasteiger partial charge in [0, 0.05) is 43.2 Å². The number of hydrogen-bond acceptors (Lipinski definition) is 2. The summed E-state index contributed by atoms with van der Waals surface area (Å²) < 4.78 is 21.8. The van der Waals surface area contributed by atoms with E-state index in [9.17, 15) is 4.39 Å². The SMILES string of the molecule is CO[C@H]1C[C@H]2CC(n3cccc3)CC[C@H]2[C@@H]1C=Cc1ccc(-c2cccc(F)c2)cn1. The van der Waals surface area contributed by atoms with Crippen LogP contribution in [0.1, 0.15) is 37.4 Å². The van der Waals surface area contributed by atoms with Gasteiger partial charge in [0.2, 0.25) is 0 Å².